The molecule has 0 bridgehead atoms. The van der Waals surface area contributed by atoms with Crippen LogP contribution in [0.25, 0.3) is 10.4 Å². The van der Waals surface area contributed by atoms with Crippen LogP contribution in [0.4, 0.5) is 0 Å². The molecule has 0 amide bonds. The molecule has 2 heterocycles. The van der Waals surface area contributed by atoms with Crippen molar-refractivity contribution >= 4 is 17.3 Å². The lowest BCUT2D eigenvalue weighted by atomic mass is 10.2. The van der Waals surface area contributed by atoms with Gasteiger partial charge in [0.05, 0.1) is 22.5 Å². The summed E-state index contributed by atoms with van der Waals surface area (Å²) >= 11 is 1.43. The van der Waals surface area contributed by atoms with Crippen molar-refractivity contribution in [2.45, 2.75) is 6.42 Å². The molecule has 0 saturated heterocycles. The van der Waals surface area contributed by atoms with E-state index in [0.717, 1.165) is 10.4 Å². The van der Waals surface area contributed by atoms with Gasteiger partial charge in [-0.3, -0.25) is 9.78 Å². The highest BCUT2D eigenvalue weighted by atomic mass is 32.1. The molecular weight excluding hydrogens is 212 g/mol. The number of nitrogens with zero attached hydrogens (tertiary/aromatic N) is 2. The standard InChI is InChI=1S/C10H8N2O2S/c13-9(14)4-8-10(15-6-12-8)7-2-1-3-11-5-7/h1-3,5-6H,4H2,(H,13,14). The fraction of sp³-hybridized carbons (Fsp3) is 0.100. The highest BCUT2D eigenvalue weighted by Crippen LogP contribution is 2.26. The third-order valence-corrected chi connectivity index (χ3v) is 2.80. The van der Waals surface area contributed by atoms with Crippen LogP contribution in [-0.4, -0.2) is 21.0 Å². The fourth-order valence-electron chi connectivity index (χ4n) is 1.27. The first-order valence-electron chi connectivity index (χ1n) is 4.32. The van der Waals surface area contributed by atoms with Gasteiger partial charge in [0, 0.05) is 18.0 Å². The zero-order valence-electron chi connectivity index (χ0n) is 7.75. The van der Waals surface area contributed by atoms with Gasteiger partial charge in [0.15, 0.2) is 0 Å². The molecule has 5 heteroatoms. The molecule has 2 rings (SSSR count). The van der Waals surface area contributed by atoms with Crippen LogP contribution in [0.3, 0.4) is 0 Å². The van der Waals surface area contributed by atoms with Crippen LogP contribution in [0.15, 0.2) is 30.0 Å². The summed E-state index contributed by atoms with van der Waals surface area (Å²) in [6.07, 6.45) is 3.34. The molecule has 0 radical (unpaired) electrons. The molecule has 2 aromatic heterocycles. The van der Waals surface area contributed by atoms with Crippen molar-refractivity contribution in [1.29, 1.82) is 0 Å². The quantitative estimate of drug-likeness (QED) is 0.857. The number of aliphatic carboxylic acids is 1. The molecular formula is C10H8N2O2S. The molecule has 0 fully saturated rings. The number of hydrogen-bond acceptors (Lipinski definition) is 4. The number of thiazole rings is 1. The number of carboxylic acids is 1. The topological polar surface area (TPSA) is 63.1 Å². The first-order chi connectivity index (χ1) is 7.27. The summed E-state index contributed by atoms with van der Waals surface area (Å²) in [5.74, 6) is -0.869. The van der Waals surface area contributed by atoms with Crippen LogP contribution in [0.5, 0.6) is 0 Å². The Balaban J connectivity index is 2.37. The average molecular weight is 220 g/mol. The Kier molecular flexibility index (Phi) is 2.73. The first-order valence-corrected chi connectivity index (χ1v) is 5.20. The number of aromatic nitrogens is 2. The Bertz CT molecular complexity index is 467. The van der Waals surface area contributed by atoms with E-state index in [4.69, 9.17) is 5.11 Å². The molecule has 0 spiro atoms. The largest absolute Gasteiger partial charge is 0.481 e. The molecule has 0 aromatic carbocycles. The Morgan fingerprint density at radius 3 is 3.07 bits per heavy atom. The van der Waals surface area contributed by atoms with Crippen LogP contribution in [0.1, 0.15) is 5.69 Å². The minimum Gasteiger partial charge on any atom is -0.481 e. The van der Waals surface area contributed by atoms with Gasteiger partial charge in [-0.25, -0.2) is 4.98 Å². The maximum Gasteiger partial charge on any atom is 0.309 e. The SMILES string of the molecule is O=C(O)Cc1ncsc1-c1cccnc1. The summed E-state index contributed by atoms with van der Waals surface area (Å²) in [4.78, 5) is 19.5. The third kappa shape index (κ3) is 2.19. The fourth-order valence-corrected chi connectivity index (χ4v) is 2.07. The number of carbonyl (C=O) groups is 1. The normalized spacial score (nSPS) is 10.1. The van der Waals surface area contributed by atoms with Gasteiger partial charge < -0.3 is 5.11 Å². The second-order valence-electron chi connectivity index (χ2n) is 2.94. The highest BCUT2D eigenvalue weighted by molar-refractivity contribution is 7.13. The van der Waals surface area contributed by atoms with Gasteiger partial charge >= 0.3 is 5.97 Å². The molecule has 1 N–H and O–H groups in total. The molecule has 0 aliphatic heterocycles. The summed E-state index contributed by atoms with van der Waals surface area (Å²) in [5.41, 5.74) is 3.16. The Morgan fingerprint density at radius 1 is 1.53 bits per heavy atom. The van der Waals surface area contributed by atoms with Gasteiger partial charge in [-0.2, -0.15) is 0 Å². The van der Waals surface area contributed by atoms with Crippen molar-refractivity contribution in [1.82, 2.24) is 9.97 Å². The van der Waals surface area contributed by atoms with Crippen LogP contribution >= 0.6 is 11.3 Å². The minimum absolute atomic E-state index is 0.0479. The predicted molar refractivity (Wildman–Crippen MR) is 56.7 cm³/mol. The molecule has 4 nitrogen and oxygen atoms in total. The summed E-state index contributed by atoms with van der Waals surface area (Å²) < 4.78 is 0. The van der Waals surface area contributed by atoms with E-state index in [1.54, 1.807) is 17.9 Å². The third-order valence-electron chi connectivity index (χ3n) is 1.88. The minimum atomic E-state index is -0.869. The summed E-state index contributed by atoms with van der Waals surface area (Å²) in [6, 6.07) is 3.71. The maximum absolute atomic E-state index is 10.6. The lowest BCUT2D eigenvalue weighted by molar-refractivity contribution is -0.136. The summed E-state index contributed by atoms with van der Waals surface area (Å²) in [6.45, 7) is 0. The lowest BCUT2D eigenvalue weighted by Gasteiger charge is -1.98. The van der Waals surface area contributed by atoms with Crippen molar-refractivity contribution in [2.75, 3.05) is 0 Å². The monoisotopic (exact) mass is 220 g/mol. The molecule has 0 unspecified atom stereocenters. The van der Waals surface area contributed by atoms with Crippen molar-refractivity contribution in [3.05, 3.63) is 35.7 Å². The molecule has 0 aliphatic carbocycles. The summed E-state index contributed by atoms with van der Waals surface area (Å²) in [7, 11) is 0. The van der Waals surface area contributed by atoms with Crippen LogP contribution in [-0.2, 0) is 11.2 Å². The molecule has 15 heavy (non-hydrogen) atoms. The average Bonchev–Trinajstić information content (AvgIpc) is 2.66. The van der Waals surface area contributed by atoms with Gasteiger partial charge in [-0.1, -0.05) is 6.07 Å². The van der Waals surface area contributed by atoms with Gasteiger partial charge in [0.1, 0.15) is 0 Å². The van der Waals surface area contributed by atoms with Crippen LogP contribution in [0.2, 0.25) is 0 Å². The number of pyridine rings is 1. The second-order valence-corrected chi connectivity index (χ2v) is 3.80. The Labute approximate surface area is 90.3 Å². The molecule has 0 saturated carbocycles. The zero-order chi connectivity index (χ0) is 10.7. The van der Waals surface area contributed by atoms with E-state index < -0.39 is 5.97 Å². The molecule has 76 valence electrons. The van der Waals surface area contributed by atoms with E-state index in [1.165, 1.54) is 11.3 Å². The lowest BCUT2D eigenvalue weighted by Crippen LogP contribution is -2.01. The molecule has 0 atom stereocenters. The number of carboxylic acid groups (broad SMARTS) is 1. The van der Waals surface area contributed by atoms with Gasteiger partial charge in [-0.05, 0) is 6.07 Å². The molecule has 2 aromatic rings. The number of hydrogen-bond donors (Lipinski definition) is 1. The highest BCUT2D eigenvalue weighted by Gasteiger charge is 2.11. The predicted octanol–water partition coefficient (Wildman–Crippen LogP) is 1.83. The zero-order valence-corrected chi connectivity index (χ0v) is 8.57. The van der Waals surface area contributed by atoms with E-state index in [9.17, 15) is 4.79 Å². The van der Waals surface area contributed by atoms with Gasteiger partial charge in [0.25, 0.3) is 0 Å². The Morgan fingerprint density at radius 2 is 2.40 bits per heavy atom. The first kappa shape index (κ1) is 9.79. The van der Waals surface area contributed by atoms with E-state index in [2.05, 4.69) is 9.97 Å². The van der Waals surface area contributed by atoms with Crippen LogP contribution in [0, 0.1) is 0 Å². The molecule has 0 aliphatic rings. The second kappa shape index (κ2) is 4.18. The van der Waals surface area contributed by atoms with Gasteiger partial charge in [0.2, 0.25) is 0 Å². The van der Waals surface area contributed by atoms with Crippen molar-refractivity contribution < 1.29 is 9.90 Å². The van der Waals surface area contributed by atoms with E-state index in [1.807, 2.05) is 12.1 Å². The summed E-state index contributed by atoms with van der Waals surface area (Å²) in [5, 5.41) is 8.71. The Hall–Kier alpha value is -1.75. The van der Waals surface area contributed by atoms with Crippen molar-refractivity contribution in [3.8, 4) is 10.4 Å². The van der Waals surface area contributed by atoms with E-state index >= 15 is 0 Å². The van der Waals surface area contributed by atoms with Gasteiger partial charge in [-0.15, -0.1) is 11.3 Å². The maximum atomic E-state index is 10.6. The van der Waals surface area contributed by atoms with E-state index in [0.29, 0.717) is 5.69 Å². The van der Waals surface area contributed by atoms with Crippen molar-refractivity contribution in [2.24, 2.45) is 0 Å². The van der Waals surface area contributed by atoms with Crippen LogP contribution < -0.4 is 0 Å². The number of rotatable bonds is 3. The smallest absolute Gasteiger partial charge is 0.309 e. The van der Waals surface area contributed by atoms with E-state index in [-0.39, 0.29) is 6.42 Å². The van der Waals surface area contributed by atoms with Crippen molar-refractivity contribution in [3.63, 3.8) is 0 Å².